The van der Waals surface area contributed by atoms with Crippen molar-refractivity contribution < 1.29 is 4.79 Å². The number of amides is 1. The van der Waals surface area contributed by atoms with Gasteiger partial charge in [-0.15, -0.1) is 23.7 Å². The maximum Gasteiger partial charge on any atom is 0.234 e. The topological polar surface area (TPSA) is 44.4 Å². The van der Waals surface area contributed by atoms with Gasteiger partial charge in [0, 0.05) is 17.5 Å². The third kappa shape index (κ3) is 6.07. The summed E-state index contributed by atoms with van der Waals surface area (Å²) in [6.07, 6.45) is 2.36. The average Bonchev–Trinajstić information content (AvgIpc) is 2.97. The number of nitrogens with zero attached hydrogens (tertiary/aromatic N) is 1. The van der Waals surface area contributed by atoms with Crippen LogP contribution < -0.4 is 10.6 Å². The monoisotopic (exact) mass is 359 g/mol. The van der Waals surface area contributed by atoms with Crippen LogP contribution in [0, 0.1) is 5.41 Å². The molecule has 0 bridgehead atoms. The van der Waals surface area contributed by atoms with Crippen LogP contribution in [0.4, 0.5) is 0 Å². The molecule has 2 atom stereocenters. The first-order chi connectivity index (χ1) is 10.4. The van der Waals surface area contributed by atoms with Crippen molar-refractivity contribution in [2.75, 3.05) is 26.7 Å². The summed E-state index contributed by atoms with van der Waals surface area (Å²) in [5, 5.41) is 8.64. The summed E-state index contributed by atoms with van der Waals surface area (Å²) in [7, 11) is 2.00. The van der Waals surface area contributed by atoms with Gasteiger partial charge in [0.1, 0.15) is 0 Å². The zero-order valence-corrected chi connectivity index (χ0v) is 16.2. The van der Waals surface area contributed by atoms with Crippen molar-refractivity contribution >= 4 is 29.7 Å². The molecule has 2 heterocycles. The first-order valence-corrected chi connectivity index (χ1v) is 9.00. The molecule has 0 saturated carbocycles. The summed E-state index contributed by atoms with van der Waals surface area (Å²) in [4.78, 5) is 16.0. The molecule has 1 aromatic heterocycles. The quantitative estimate of drug-likeness (QED) is 0.849. The molecule has 23 heavy (non-hydrogen) atoms. The fourth-order valence-corrected chi connectivity index (χ4v) is 4.03. The molecule has 2 rings (SSSR count). The van der Waals surface area contributed by atoms with Gasteiger partial charge in [0.05, 0.1) is 12.6 Å². The predicted molar refractivity (Wildman–Crippen MR) is 100 cm³/mol. The Kier molecular flexibility index (Phi) is 8.01. The fourth-order valence-electron chi connectivity index (χ4n) is 3.01. The van der Waals surface area contributed by atoms with Gasteiger partial charge in [0.2, 0.25) is 5.91 Å². The Labute approximate surface area is 150 Å². The number of nitrogens with one attached hydrogen (secondary N) is 2. The van der Waals surface area contributed by atoms with Crippen molar-refractivity contribution in [3.8, 4) is 0 Å². The Morgan fingerprint density at radius 1 is 1.48 bits per heavy atom. The summed E-state index contributed by atoms with van der Waals surface area (Å²) < 4.78 is 0. The molecule has 1 aromatic rings. The van der Waals surface area contributed by atoms with Gasteiger partial charge in [0.15, 0.2) is 0 Å². The smallest absolute Gasteiger partial charge is 0.234 e. The Hall–Kier alpha value is -0.620. The van der Waals surface area contributed by atoms with Gasteiger partial charge in [-0.1, -0.05) is 26.8 Å². The van der Waals surface area contributed by atoms with E-state index in [1.54, 1.807) is 11.3 Å². The van der Waals surface area contributed by atoms with Crippen molar-refractivity contribution in [3.05, 3.63) is 22.4 Å². The molecule has 2 unspecified atom stereocenters. The van der Waals surface area contributed by atoms with E-state index in [2.05, 4.69) is 47.8 Å². The normalized spacial score (nSPS) is 20.6. The number of rotatable bonds is 5. The number of hydrogen-bond acceptors (Lipinski definition) is 4. The largest absolute Gasteiger partial charge is 0.347 e. The van der Waals surface area contributed by atoms with Crippen molar-refractivity contribution in [3.63, 3.8) is 0 Å². The van der Waals surface area contributed by atoms with Crippen LogP contribution in [0.5, 0.6) is 0 Å². The van der Waals surface area contributed by atoms with Crippen molar-refractivity contribution in [2.45, 2.75) is 45.7 Å². The van der Waals surface area contributed by atoms with Crippen LogP contribution >= 0.6 is 23.7 Å². The lowest BCUT2D eigenvalue weighted by Gasteiger charge is -2.34. The van der Waals surface area contributed by atoms with Crippen LogP contribution in [0.25, 0.3) is 0 Å². The summed E-state index contributed by atoms with van der Waals surface area (Å²) in [6, 6.07) is 4.74. The number of carbonyl (C=O) groups excluding carboxylic acids is 1. The molecule has 4 nitrogen and oxygen atoms in total. The maximum absolute atomic E-state index is 12.5. The second kappa shape index (κ2) is 9.02. The molecule has 2 N–H and O–H groups in total. The van der Waals surface area contributed by atoms with Crippen LogP contribution in [-0.4, -0.2) is 43.5 Å². The highest BCUT2D eigenvalue weighted by atomic mass is 35.5. The first kappa shape index (κ1) is 20.4. The molecule has 0 radical (unpaired) electrons. The number of hydrogen-bond donors (Lipinski definition) is 2. The lowest BCUT2D eigenvalue weighted by atomic mass is 9.85. The van der Waals surface area contributed by atoms with E-state index in [1.165, 1.54) is 11.3 Å². The minimum absolute atomic E-state index is 0. The van der Waals surface area contributed by atoms with E-state index < -0.39 is 0 Å². The Morgan fingerprint density at radius 3 is 2.78 bits per heavy atom. The molecule has 1 aliphatic heterocycles. The van der Waals surface area contributed by atoms with E-state index in [0.29, 0.717) is 12.6 Å². The van der Waals surface area contributed by atoms with Gasteiger partial charge in [-0.3, -0.25) is 9.69 Å². The molecular weight excluding hydrogens is 330 g/mol. The first-order valence-electron chi connectivity index (χ1n) is 8.12. The number of halogens is 1. The van der Waals surface area contributed by atoms with Crippen molar-refractivity contribution in [1.29, 1.82) is 0 Å². The van der Waals surface area contributed by atoms with E-state index in [9.17, 15) is 4.79 Å². The highest BCUT2D eigenvalue weighted by Crippen LogP contribution is 2.35. The van der Waals surface area contributed by atoms with E-state index >= 15 is 0 Å². The minimum atomic E-state index is 0. The summed E-state index contributed by atoms with van der Waals surface area (Å²) in [5.41, 5.74) is 0.00984. The molecular formula is C17H30ClN3OS. The maximum atomic E-state index is 12.5. The zero-order chi connectivity index (χ0) is 16.2. The van der Waals surface area contributed by atoms with Crippen molar-refractivity contribution in [2.24, 2.45) is 5.41 Å². The SMILES string of the molecule is CNC1CCCN(CC(=O)NC(c2cccs2)C(C)(C)C)C1.Cl. The highest BCUT2D eigenvalue weighted by Gasteiger charge is 2.29. The zero-order valence-electron chi connectivity index (χ0n) is 14.6. The van der Waals surface area contributed by atoms with Crippen molar-refractivity contribution in [1.82, 2.24) is 15.5 Å². The molecule has 1 saturated heterocycles. The molecule has 0 aromatic carbocycles. The van der Waals surface area contributed by atoms with Crippen LogP contribution in [0.15, 0.2) is 17.5 Å². The second-order valence-electron chi connectivity index (χ2n) is 7.24. The summed E-state index contributed by atoms with van der Waals surface area (Å²) >= 11 is 1.71. The van der Waals surface area contributed by atoms with Gasteiger partial charge in [-0.05, 0) is 43.3 Å². The van der Waals surface area contributed by atoms with Crippen LogP contribution in [0.3, 0.4) is 0 Å². The Morgan fingerprint density at radius 2 is 2.22 bits per heavy atom. The minimum Gasteiger partial charge on any atom is -0.347 e. The van der Waals surface area contributed by atoms with Gasteiger partial charge in [0.25, 0.3) is 0 Å². The molecule has 1 amide bonds. The highest BCUT2D eigenvalue weighted by molar-refractivity contribution is 7.10. The van der Waals surface area contributed by atoms with Gasteiger partial charge < -0.3 is 10.6 Å². The molecule has 0 spiro atoms. The van der Waals surface area contributed by atoms with E-state index in [4.69, 9.17) is 0 Å². The summed E-state index contributed by atoms with van der Waals surface area (Å²) in [6.45, 7) is 9.00. The average molecular weight is 360 g/mol. The molecule has 6 heteroatoms. The lowest BCUT2D eigenvalue weighted by molar-refractivity contribution is -0.124. The van der Waals surface area contributed by atoms with Crippen LogP contribution in [0.1, 0.15) is 44.5 Å². The lowest BCUT2D eigenvalue weighted by Crippen LogP contribution is -2.49. The molecule has 132 valence electrons. The molecule has 0 aliphatic carbocycles. The third-order valence-corrected chi connectivity index (χ3v) is 5.22. The van der Waals surface area contributed by atoms with Gasteiger partial charge in [-0.2, -0.15) is 0 Å². The van der Waals surface area contributed by atoms with Crippen LogP contribution in [-0.2, 0) is 4.79 Å². The number of piperidine rings is 1. The molecule has 1 fully saturated rings. The standard InChI is InChI=1S/C17H29N3OS.ClH/c1-17(2,3)16(14-8-6-10-22-14)19-15(21)12-20-9-5-7-13(11-20)18-4;/h6,8,10,13,16,18H,5,7,9,11-12H2,1-4H3,(H,19,21);1H. The number of thiophene rings is 1. The predicted octanol–water partition coefficient (Wildman–Crippen LogP) is 3.06. The fraction of sp³-hybridized carbons (Fsp3) is 0.706. The third-order valence-electron chi connectivity index (χ3n) is 4.28. The molecule has 1 aliphatic rings. The van der Waals surface area contributed by atoms with Gasteiger partial charge >= 0.3 is 0 Å². The summed E-state index contributed by atoms with van der Waals surface area (Å²) in [5.74, 6) is 0.130. The number of likely N-dealkylation sites (tertiary alicyclic amines) is 1. The van der Waals surface area contributed by atoms with E-state index in [1.807, 2.05) is 13.1 Å². The Bertz CT molecular complexity index is 473. The van der Waals surface area contributed by atoms with E-state index in [0.717, 1.165) is 19.5 Å². The Balaban J connectivity index is 0.00000264. The van der Waals surface area contributed by atoms with Gasteiger partial charge in [-0.25, -0.2) is 0 Å². The number of carbonyl (C=O) groups is 1. The number of likely N-dealkylation sites (N-methyl/N-ethyl adjacent to an activating group) is 1. The van der Waals surface area contributed by atoms with E-state index in [-0.39, 0.29) is 29.8 Å². The second-order valence-corrected chi connectivity index (χ2v) is 8.22. The van der Waals surface area contributed by atoms with Crippen LogP contribution in [0.2, 0.25) is 0 Å².